The van der Waals surface area contributed by atoms with Gasteiger partial charge in [0.25, 0.3) is 5.91 Å². The molecule has 2 aromatic carbocycles. The molecule has 1 aliphatic rings. The van der Waals surface area contributed by atoms with Crippen molar-refractivity contribution in [2.75, 3.05) is 4.90 Å². The highest BCUT2D eigenvalue weighted by Crippen LogP contribution is 2.38. The molecular formula is C20H18N4O2. The zero-order chi connectivity index (χ0) is 18.3. The number of amides is 2. The molecule has 6 heteroatoms. The van der Waals surface area contributed by atoms with E-state index in [4.69, 9.17) is 5.73 Å². The number of anilines is 1. The minimum Gasteiger partial charge on any atom is -0.369 e. The van der Waals surface area contributed by atoms with Gasteiger partial charge in [0.05, 0.1) is 23.1 Å². The van der Waals surface area contributed by atoms with Gasteiger partial charge in [-0.3, -0.25) is 14.6 Å². The van der Waals surface area contributed by atoms with E-state index < -0.39 is 5.92 Å². The fraction of sp³-hybridized carbons (Fsp3) is 0.200. The summed E-state index contributed by atoms with van der Waals surface area (Å²) in [5, 5.41) is 0. The van der Waals surface area contributed by atoms with Crippen LogP contribution in [0.25, 0.3) is 11.0 Å². The number of para-hydroxylation sites is 3. The Morgan fingerprint density at radius 1 is 1.08 bits per heavy atom. The number of benzene rings is 2. The highest BCUT2D eigenvalue weighted by atomic mass is 16.2. The zero-order valence-corrected chi connectivity index (χ0v) is 14.3. The van der Waals surface area contributed by atoms with Gasteiger partial charge in [-0.05, 0) is 37.1 Å². The molecule has 0 saturated carbocycles. The maximum Gasteiger partial charge on any atom is 0.278 e. The summed E-state index contributed by atoms with van der Waals surface area (Å²) in [6, 6.07) is 14.6. The lowest BCUT2D eigenvalue weighted by atomic mass is 9.85. The number of carbonyl (C=O) groups excluding carboxylic acids is 2. The van der Waals surface area contributed by atoms with E-state index in [-0.39, 0.29) is 23.6 Å². The van der Waals surface area contributed by atoms with Crippen LogP contribution in [0.4, 0.5) is 5.69 Å². The van der Waals surface area contributed by atoms with Crippen LogP contribution in [0.15, 0.2) is 54.7 Å². The molecule has 0 bridgehead atoms. The lowest BCUT2D eigenvalue weighted by Gasteiger charge is -2.38. The molecule has 0 saturated heterocycles. The number of fused-ring (bicyclic) bond motifs is 2. The molecule has 0 radical (unpaired) electrons. The Morgan fingerprint density at radius 2 is 1.77 bits per heavy atom. The standard InChI is InChI=1S/C20H18N4O2/c1-12-10-14(19(21)25)13-6-2-5-9-18(13)24(12)20(26)17-11-22-15-7-3-4-8-16(15)23-17/h2-9,11-12,14H,10H2,1H3,(H2,21,25). The van der Waals surface area contributed by atoms with Crippen LogP contribution in [-0.4, -0.2) is 27.8 Å². The Hall–Kier alpha value is -3.28. The van der Waals surface area contributed by atoms with Crippen molar-refractivity contribution in [3.05, 3.63) is 66.0 Å². The number of aromatic nitrogens is 2. The van der Waals surface area contributed by atoms with Crippen molar-refractivity contribution in [2.45, 2.75) is 25.3 Å². The first-order valence-corrected chi connectivity index (χ1v) is 8.50. The van der Waals surface area contributed by atoms with Gasteiger partial charge in [-0.25, -0.2) is 4.98 Å². The van der Waals surface area contributed by atoms with Gasteiger partial charge >= 0.3 is 0 Å². The second-order valence-electron chi connectivity index (χ2n) is 6.52. The van der Waals surface area contributed by atoms with E-state index in [2.05, 4.69) is 9.97 Å². The second-order valence-corrected chi connectivity index (χ2v) is 6.52. The average molecular weight is 346 g/mol. The Morgan fingerprint density at radius 3 is 2.54 bits per heavy atom. The van der Waals surface area contributed by atoms with Gasteiger partial charge in [0.1, 0.15) is 5.69 Å². The smallest absolute Gasteiger partial charge is 0.278 e. The Bertz CT molecular complexity index is 1020. The summed E-state index contributed by atoms with van der Waals surface area (Å²) in [5.74, 6) is -0.999. The van der Waals surface area contributed by atoms with Crippen molar-refractivity contribution >= 4 is 28.5 Å². The lowest BCUT2D eigenvalue weighted by Crippen LogP contribution is -2.45. The number of nitrogens with two attached hydrogens (primary N) is 1. The molecule has 0 spiro atoms. The summed E-state index contributed by atoms with van der Waals surface area (Å²) in [5.41, 5.74) is 8.75. The quantitative estimate of drug-likeness (QED) is 0.772. The van der Waals surface area contributed by atoms with Crippen molar-refractivity contribution in [3.8, 4) is 0 Å². The van der Waals surface area contributed by atoms with Crippen LogP contribution < -0.4 is 10.6 Å². The lowest BCUT2D eigenvalue weighted by molar-refractivity contribution is -0.119. The molecule has 2 atom stereocenters. The van der Waals surface area contributed by atoms with E-state index in [1.54, 1.807) is 4.90 Å². The average Bonchev–Trinajstić information content (AvgIpc) is 2.66. The summed E-state index contributed by atoms with van der Waals surface area (Å²) < 4.78 is 0. The van der Waals surface area contributed by atoms with E-state index in [1.807, 2.05) is 55.5 Å². The molecule has 4 rings (SSSR count). The largest absolute Gasteiger partial charge is 0.369 e. The van der Waals surface area contributed by atoms with Gasteiger partial charge in [0.15, 0.2) is 0 Å². The first-order valence-electron chi connectivity index (χ1n) is 8.50. The van der Waals surface area contributed by atoms with Gasteiger partial charge < -0.3 is 10.6 Å². The first-order chi connectivity index (χ1) is 12.6. The van der Waals surface area contributed by atoms with Crippen LogP contribution in [0.1, 0.15) is 35.3 Å². The third-order valence-corrected chi connectivity index (χ3v) is 4.82. The summed E-state index contributed by atoms with van der Waals surface area (Å²) in [4.78, 5) is 35.5. The monoisotopic (exact) mass is 346 g/mol. The fourth-order valence-electron chi connectivity index (χ4n) is 3.58. The van der Waals surface area contributed by atoms with Crippen LogP contribution >= 0.6 is 0 Å². The van der Waals surface area contributed by atoms with Crippen LogP contribution in [0.5, 0.6) is 0 Å². The molecule has 2 amide bonds. The molecule has 1 aromatic heterocycles. The Kier molecular flexibility index (Phi) is 3.88. The number of nitrogens with zero attached hydrogens (tertiary/aromatic N) is 3. The van der Waals surface area contributed by atoms with Crippen LogP contribution in [0.3, 0.4) is 0 Å². The van der Waals surface area contributed by atoms with E-state index in [9.17, 15) is 9.59 Å². The third kappa shape index (κ3) is 2.60. The van der Waals surface area contributed by atoms with Crippen LogP contribution in [0.2, 0.25) is 0 Å². The van der Waals surface area contributed by atoms with E-state index >= 15 is 0 Å². The zero-order valence-electron chi connectivity index (χ0n) is 14.3. The molecule has 6 nitrogen and oxygen atoms in total. The molecule has 2 heterocycles. The molecule has 0 fully saturated rings. The molecule has 130 valence electrons. The van der Waals surface area contributed by atoms with Gasteiger partial charge in [-0.1, -0.05) is 30.3 Å². The number of rotatable bonds is 2. The van der Waals surface area contributed by atoms with Gasteiger partial charge in [0, 0.05) is 11.7 Å². The Balaban J connectivity index is 1.79. The van der Waals surface area contributed by atoms with Crippen LogP contribution in [0, 0.1) is 0 Å². The van der Waals surface area contributed by atoms with E-state index in [0.717, 1.165) is 11.1 Å². The van der Waals surface area contributed by atoms with Crippen molar-refractivity contribution in [2.24, 2.45) is 5.73 Å². The second kappa shape index (κ2) is 6.22. The van der Waals surface area contributed by atoms with E-state index in [0.29, 0.717) is 17.6 Å². The predicted octanol–water partition coefficient (Wildman–Crippen LogP) is 2.64. The van der Waals surface area contributed by atoms with Gasteiger partial charge in [0.2, 0.25) is 5.91 Å². The number of primary amides is 1. The van der Waals surface area contributed by atoms with Gasteiger partial charge in [-0.2, -0.15) is 0 Å². The summed E-state index contributed by atoms with van der Waals surface area (Å²) >= 11 is 0. The number of carbonyl (C=O) groups is 2. The summed E-state index contributed by atoms with van der Waals surface area (Å²) in [6.07, 6.45) is 1.99. The molecule has 3 aromatic rings. The van der Waals surface area contributed by atoms with Crippen molar-refractivity contribution in [1.82, 2.24) is 9.97 Å². The van der Waals surface area contributed by atoms with Gasteiger partial charge in [-0.15, -0.1) is 0 Å². The first kappa shape index (κ1) is 16.2. The molecule has 1 aliphatic heterocycles. The third-order valence-electron chi connectivity index (χ3n) is 4.82. The maximum atomic E-state index is 13.2. The highest BCUT2D eigenvalue weighted by Gasteiger charge is 2.36. The van der Waals surface area contributed by atoms with Crippen molar-refractivity contribution < 1.29 is 9.59 Å². The summed E-state index contributed by atoms with van der Waals surface area (Å²) in [7, 11) is 0. The van der Waals surface area contributed by atoms with Crippen LogP contribution in [-0.2, 0) is 4.79 Å². The minimum absolute atomic E-state index is 0.178. The molecule has 26 heavy (non-hydrogen) atoms. The SMILES string of the molecule is CC1CC(C(N)=O)c2ccccc2N1C(=O)c1cnc2ccccc2n1. The number of hydrogen-bond donors (Lipinski definition) is 1. The van der Waals surface area contributed by atoms with E-state index in [1.165, 1.54) is 6.20 Å². The topological polar surface area (TPSA) is 89.2 Å². The minimum atomic E-state index is -0.395. The highest BCUT2D eigenvalue weighted by molar-refractivity contribution is 6.07. The molecule has 2 unspecified atom stereocenters. The normalized spacial score (nSPS) is 19.2. The van der Waals surface area contributed by atoms with Crippen molar-refractivity contribution in [3.63, 3.8) is 0 Å². The molecule has 0 aliphatic carbocycles. The maximum absolute atomic E-state index is 13.2. The molecular weight excluding hydrogens is 328 g/mol. The number of hydrogen-bond acceptors (Lipinski definition) is 4. The fourth-order valence-corrected chi connectivity index (χ4v) is 3.58. The predicted molar refractivity (Wildman–Crippen MR) is 98.8 cm³/mol. The summed E-state index contributed by atoms with van der Waals surface area (Å²) in [6.45, 7) is 1.91. The van der Waals surface area contributed by atoms with Crippen molar-refractivity contribution in [1.29, 1.82) is 0 Å². The Labute approximate surface area is 150 Å². The molecule has 2 N–H and O–H groups in total.